The van der Waals surface area contributed by atoms with Crippen molar-refractivity contribution in [1.29, 1.82) is 0 Å². The first-order valence-electron chi connectivity index (χ1n) is 5.76. The first kappa shape index (κ1) is 13.9. The Morgan fingerprint density at radius 1 is 1.53 bits per heavy atom. The zero-order valence-corrected chi connectivity index (χ0v) is 10.4. The molecule has 1 aliphatic heterocycles. The van der Waals surface area contributed by atoms with Gasteiger partial charge < -0.3 is 21.1 Å². The topological polar surface area (TPSA) is 98.7 Å². The molecule has 2 unspecified atom stereocenters. The number of carbonyl (C=O) groups is 2. The maximum Gasteiger partial charge on any atom is 0.240 e. The van der Waals surface area contributed by atoms with Crippen LogP contribution >= 0.6 is 0 Å². The van der Waals surface area contributed by atoms with Crippen molar-refractivity contribution in [2.75, 3.05) is 20.2 Å². The van der Waals surface area contributed by atoms with Crippen molar-refractivity contribution in [3.8, 4) is 0 Å². The van der Waals surface area contributed by atoms with Crippen LogP contribution in [0.15, 0.2) is 0 Å². The quantitative estimate of drug-likeness (QED) is 0.676. The van der Waals surface area contributed by atoms with Crippen molar-refractivity contribution in [1.82, 2.24) is 4.90 Å². The van der Waals surface area contributed by atoms with Gasteiger partial charge in [-0.2, -0.15) is 0 Å². The standard InChI is InChI=1S/C11H21N3O3/c1-11(17-2)4-3-5-14(7-11)10(16)8(12)6-9(13)15/h8H,3-7,12H2,1-2H3,(H2,13,15). The molecule has 0 radical (unpaired) electrons. The number of hydrogen-bond donors (Lipinski definition) is 2. The predicted molar refractivity (Wildman–Crippen MR) is 63.0 cm³/mol. The number of methoxy groups -OCH3 is 1. The second kappa shape index (κ2) is 5.46. The lowest BCUT2D eigenvalue weighted by Crippen LogP contribution is -2.54. The number of primary amides is 1. The minimum absolute atomic E-state index is 0.112. The second-order valence-electron chi connectivity index (χ2n) is 4.79. The Morgan fingerprint density at radius 2 is 2.18 bits per heavy atom. The van der Waals surface area contributed by atoms with Gasteiger partial charge in [0.2, 0.25) is 11.8 Å². The van der Waals surface area contributed by atoms with E-state index in [4.69, 9.17) is 16.2 Å². The summed E-state index contributed by atoms with van der Waals surface area (Å²) in [6.45, 7) is 3.13. The van der Waals surface area contributed by atoms with Crippen LogP contribution < -0.4 is 11.5 Å². The van der Waals surface area contributed by atoms with Crippen LogP contribution in [0.4, 0.5) is 0 Å². The van der Waals surface area contributed by atoms with Crippen LogP contribution in [-0.4, -0.2) is 48.6 Å². The summed E-state index contributed by atoms with van der Waals surface area (Å²) in [5, 5.41) is 0. The van der Waals surface area contributed by atoms with Crippen molar-refractivity contribution in [3.05, 3.63) is 0 Å². The Balaban J connectivity index is 2.60. The monoisotopic (exact) mass is 243 g/mol. The molecule has 1 heterocycles. The SMILES string of the molecule is COC1(C)CCCN(C(=O)C(N)CC(N)=O)C1. The van der Waals surface area contributed by atoms with Crippen LogP contribution in [0.25, 0.3) is 0 Å². The summed E-state index contributed by atoms with van der Waals surface area (Å²) < 4.78 is 5.39. The fraction of sp³-hybridized carbons (Fsp3) is 0.818. The normalized spacial score (nSPS) is 26.6. The summed E-state index contributed by atoms with van der Waals surface area (Å²) in [7, 11) is 1.64. The number of ether oxygens (including phenoxy) is 1. The Bertz CT molecular complexity index is 308. The largest absolute Gasteiger partial charge is 0.377 e. The lowest BCUT2D eigenvalue weighted by atomic mass is 9.94. The van der Waals surface area contributed by atoms with E-state index in [0.717, 1.165) is 12.8 Å². The first-order valence-corrected chi connectivity index (χ1v) is 5.76. The number of nitrogens with two attached hydrogens (primary N) is 2. The van der Waals surface area contributed by atoms with Gasteiger partial charge in [-0.25, -0.2) is 0 Å². The summed E-state index contributed by atoms with van der Waals surface area (Å²) in [5.41, 5.74) is 10.4. The van der Waals surface area contributed by atoms with Crippen LogP contribution in [0.3, 0.4) is 0 Å². The van der Waals surface area contributed by atoms with Crippen molar-refractivity contribution >= 4 is 11.8 Å². The third kappa shape index (κ3) is 3.67. The minimum atomic E-state index is -0.841. The molecule has 0 spiro atoms. The van der Waals surface area contributed by atoms with Gasteiger partial charge in [0.05, 0.1) is 18.1 Å². The van der Waals surface area contributed by atoms with Crippen LogP contribution in [0, 0.1) is 0 Å². The smallest absolute Gasteiger partial charge is 0.240 e. The number of likely N-dealkylation sites (tertiary alicyclic amines) is 1. The zero-order chi connectivity index (χ0) is 13.1. The highest BCUT2D eigenvalue weighted by Crippen LogP contribution is 2.24. The molecule has 1 fully saturated rings. The average Bonchev–Trinajstić information content (AvgIpc) is 2.27. The summed E-state index contributed by atoms with van der Waals surface area (Å²) in [4.78, 5) is 24.4. The number of hydrogen-bond acceptors (Lipinski definition) is 4. The van der Waals surface area contributed by atoms with Crippen LogP contribution in [-0.2, 0) is 14.3 Å². The fourth-order valence-corrected chi connectivity index (χ4v) is 2.10. The van der Waals surface area contributed by atoms with Gasteiger partial charge in [-0.05, 0) is 19.8 Å². The number of nitrogens with zero attached hydrogens (tertiary/aromatic N) is 1. The van der Waals surface area contributed by atoms with Gasteiger partial charge >= 0.3 is 0 Å². The highest BCUT2D eigenvalue weighted by Gasteiger charge is 2.34. The molecule has 0 saturated carbocycles. The molecule has 0 aromatic heterocycles. The van der Waals surface area contributed by atoms with Gasteiger partial charge in [0.15, 0.2) is 0 Å². The van der Waals surface area contributed by atoms with Gasteiger partial charge in [0.1, 0.15) is 0 Å². The number of rotatable bonds is 4. The zero-order valence-electron chi connectivity index (χ0n) is 10.4. The Kier molecular flexibility index (Phi) is 4.47. The van der Waals surface area contributed by atoms with Gasteiger partial charge in [-0.3, -0.25) is 9.59 Å². The second-order valence-corrected chi connectivity index (χ2v) is 4.79. The third-order valence-electron chi connectivity index (χ3n) is 3.20. The Morgan fingerprint density at radius 3 is 2.71 bits per heavy atom. The molecular weight excluding hydrogens is 222 g/mol. The molecule has 0 aliphatic carbocycles. The molecule has 2 amide bonds. The molecule has 0 aromatic rings. The van der Waals surface area contributed by atoms with Crippen molar-refractivity contribution in [2.45, 2.75) is 37.8 Å². The summed E-state index contributed by atoms with van der Waals surface area (Å²) in [6.07, 6.45) is 1.68. The van der Waals surface area contributed by atoms with Crippen LogP contribution in [0.5, 0.6) is 0 Å². The molecule has 17 heavy (non-hydrogen) atoms. The number of carbonyl (C=O) groups excluding carboxylic acids is 2. The van der Waals surface area contributed by atoms with Crippen molar-refractivity contribution in [2.24, 2.45) is 11.5 Å². The summed E-state index contributed by atoms with van der Waals surface area (Å²) >= 11 is 0. The highest BCUT2D eigenvalue weighted by molar-refractivity contribution is 5.87. The molecule has 1 saturated heterocycles. The van der Waals surface area contributed by atoms with E-state index in [9.17, 15) is 9.59 Å². The van der Waals surface area contributed by atoms with E-state index < -0.39 is 11.9 Å². The van der Waals surface area contributed by atoms with Crippen molar-refractivity contribution in [3.63, 3.8) is 0 Å². The number of piperidine rings is 1. The van der Waals surface area contributed by atoms with E-state index >= 15 is 0 Å². The van der Waals surface area contributed by atoms with Crippen molar-refractivity contribution < 1.29 is 14.3 Å². The molecule has 98 valence electrons. The minimum Gasteiger partial charge on any atom is -0.377 e. The average molecular weight is 243 g/mol. The molecule has 4 N–H and O–H groups in total. The molecule has 0 bridgehead atoms. The van der Waals surface area contributed by atoms with E-state index in [1.54, 1.807) is 12.0 Å². The molecule has 6 heteroatoms. The maximum absolute atomic E-state index is 12.0. The lowest BCUT2D eigenvalue weighted by molar-refractivity contribution is -0.141. The van der Waals surface area contributed by atoms with Gasteiger partial charge in [-0.1, -0.05) is 0 Å². The Labute approximate surface area is 101 Å². The van der Waals surface area contributed by atoms with Gasteiger partial charge in [-0.15, -0.1) is 0 Å². The molecule has 1 aliphatic rings. The van der Waals surface area contributed by atoms with E-state index in [1.165, 1.54) is 0 Å². The predicted octanol–water partition coefficient (Wildman–Crippen LogP) is -0.783. The van der Waals surface area contributed by atoms with E-state index in [0.29, 0.717) is 13.1 Å². The third-order valence-corrected chi connectivity index (χ3v) is 3.20. The fourth-order valence-electron chi connectivity index (χ4n) is 2.10. The van der Waals surface area contributed by atoms with E-state index in [-0.39, 0.29) is 17.9 Å². The lowest BCUT2D eigenvalue weighted by Gasteiger charge is -2.40. The van der Waals surface area contributed by atoms with E-state index in [2.05, 4.69) is 0 Å². The summed E-state index contributed by atoms with van der Waals surface area (Å²) in [6, 6.07) is -0.841. The van der Waals surface area contributed by atoms with Gasteiger partial charge in [0, 0.05) is 20.2 Å². The maximum atomic E-state index is 12.0. The van der Waals surface area contributed by atoms with Gasteiger partial charge in [0.25, 0.3) is 0 Å². The highest BCUT2D eigenvalue weighted by atomic mass is 16.5. The number of amides is 2. The molecule has 2 atom stereocenters. The molecule has 6 nitrogen and oxygen atoms in total. The summed E-state index contributed by atoms with van der Waals surface area (Å²) in [5.74, 6) is -0.788. The molecule has 0 aromatic carbocycles. The first-order chi connectivity index (χ1) is 7.88. The molecule has 1 rings (SSSR count). The van der Waals surface area contributed by atoms with Crippen LogP contribution in [0.2, 0.25) is 0 Å². The molecular formula is C11H21N3O3. The van der Waals surface area contributed by atoms with E-state index in [1.807, 2.05) is 6.92 Å². The van der Waals surface area contributed by atoms with Crippen LogP contribution in [0.1, 0.15) is 26.2 Å². The Hall–Kier alpha value is -1.14.